The van der Waals surface area contributed by atoms with Gasteiger partial charge >= 0.3 is 0 Å². The van der Waals surface area contributed by atoms with Crippen molar-refractivity contribution >= 4 is 17.7 Å². The summed E-state index contributed by atoms with van der Waals surface area (Å²) in [4.78, 5) is 12.3. The molecule has 0 saturated carbocycles. The number of rotatable bonds is 8. The fourth-order valence-corrected chi connectivity index (χ4v) is 3.91. The largest absolute Gasteiger partial charge is 0.497 e. The zero-order valence-corrected chi connectivity index (χ0v) is 16.1. The SMILES string of the molecule is COc1ccc(CNC(=O)CSC(c2ccccc2)c2ccccc2)cc1. The van der Waals surface area contributed by atoms with Crippen LogP contribution in [0.25, 0.3) is 0 Å². The van der Waals surface area contributed by atoms with Crippen molar-refractivity contribution < 1.29 is 9.53 Å². The lowest BCUT2D eigenvalue weighted by Crippen LogP contribution is -2.25. The van der Waals surface area contributed by atoms with E-state index in [0.717, 1.165) is 11.3 Å². The fourth-order valence-electron chi connectivity index (χ4n) is 2.79. The second-order valence-corrected chi connectivity index (χ2v) is 7.23. The molecule has 3 aromatic carbocycles. The van der Waals surface area contributed by atoms with Gasteiger partial charge in [0.1, 0.15) is 5.75 Å². The summed E-state index contributed by atoms with van der Waals surface area (Å²) in [7, 11) is 1.64. The van der Waals surface area contributed by atoms with E-state index in [9.17, 15) is 4.79 Å². The van der Waals surface area contributed by atoms with Gasteiger partial charge in [0, 0.05) is 6.54 Å². The minimum Gasteiger partial charge on any atom is -0.497 e. The van der Waals surface area contributed by atoms with Crippen molar-refractivity contribution in [2.24, 2.45) is 0 Å². The predicted molar refractivity (Wildman–Crippen MR) is 112 cm³/mol. The Balaban J connectivity index is 1.58. The number of carbonyl (C=O) groups is 1. The van der Waals surface area contributed by atoms with Crippen LogP contribution in [0.3, 0.4) is 0 Å². The first kappa shape index (κ1) is 19.1. The highest BCUT2D eigenvalue weighted by Gasteiger charge is 2.16. The van der Waals surface area contributed by atoms with Gasteiger partial charge in [0.15, 0.2) is 0 Å². The normalized spacial score (nSPS) is 10.6. The average Bonchev–Trinajstić information content (AvgIpc) is 2.74. The third kappa shape index (κ3) is 5.63. The summed E-state index contributed by atoms with van der Waals surface area (Å²) in [5.74, 6) is 1.26. The predicted octanol–water partition coefficient (Wildman–Crippen LogP) is 4.83. The molecule has 4 heteroatoms. The summed E-state index contributed by atoms with van der Waals surface area (Å²) in [5.41, 5.74) is 3.46. The van der Waals surface area contributed by atoms with Crippen LogP contribution < -0.4 is 10.1 Å². The van der Waals surface area contributed by atoms with E-state index >= 15 is 0 Å². The number of ether oxygens (including phenoxy) is 1. The number of amides is 1. The Bertz CT molecular complexity index is 796. The zero-order chi connectivity index (χ0) is 18.9. The average molecular weight is 378 g/mol. The van der Waals surface area contributed by atoms with Crippen molar-refractivity contribution in [2.75, 3.05) is 12.9 Å². The number of thioether (sulfide) groups is 1. The first-order valence-electron chi connectivity index (χ1n) is 8.87. The monoisotopic (exact) mass is 377 g/mol. The highest BCUT2D eigenvalue weighted by molar-refractivity contribution is 8.00. The molecule has 0 radical (unpaired) electrons. The van der Waals surface area contributed by atoms with E-state index in [2.05, 4.69) is 29.6 Å². The summed E-state index contributed by atoms with van der Waals surface area (Å²) >= 11 is 1.65. The van der Waals surface area contributed by atoms with Gasteiger partial charge in [-0.2, -0.15) is 0 Å². The minimum absolute atomic E-state index is 0.0349. The first-order valence-corrected chi connectivity index (χ1v) is 9.92. The molecule has 0 atom stereocenters. The Morgan fingerprint density at radius 3 is 1.96 bits per heavy atom. The van der Waals surface area contributed by atoms with Gasteiger partial charge in [-0.25, -0.2) is 0 Å². The molecule has 0 bridgehead atoms. The Morgan fingerprint density at radius 1 is 0.889 bits per heavy atom. The fraction of sp³-hybridized carbons (Fsp3) is 0.174. The van der Waals surface area contributed by atoms with Crippen molar-refractivity contribution in [3.8, 4) is 5.75 Å². The number of hydrogen-bond donors (Lipinski definition) is 1. The molecule has 3 rings (SSSR count). The molecule has 0 saturated heterocycles. The van der Waals surface area contributed by atoms with Gasteiger partial charge in [0.2, 0.25) is 5.91 Å². The second kappa shape index (κ2) is 9.83. The van der Waals surface area contributed by atoms with Crippen LogP contribution in [-0.4, -0.2) is 18.8 Å². The van der Waals surface area contributed by atoms with Crippen LogP contribution >= 0.6 is 11.8 Å². The molecule has 0 unspecified atom stereocenters. The summed E-state index contributed by atoms with van der Waals surface area (Å²) < 4.78 is 5.15. The quantitative estimate of drug-likeness (QED) is 0.611. The molecule has 1 amide bonds. The third-order valence-corrected chi connectivity index (χ3v) is 5.54. The van der Waals surface area contributed by atoms with Crippen molar-refractivity contribution in [2.45, 2.75) is 11.8 Å². The topological polar surface area (TPSA) is 38.3 Å². The van der Waals surface area contributed by atoms with Crippen molar-refractivity contribution in [1.29, 1.82) is 0 Å². The molecule has 3 nitrogen and oxygen atoms in total. The third-order valence-electron chi connectivity index (χ3n) is 4.23. The van der Waals surface area contributed by atoms with Gasteiger partial charge in [-0.3, -0.25) is 4.79 Å². The Kier molecular flexibility index (Phi) is 6.94. The standard InChI is InChI=1S/C23H23NO2S/c1-26-21-14-12-18(13-15-21)16-24-22(25)17-27-23(19-8-4-2-5-9-19)20-10-6-3-7-11-20/h2-15,23H,16-17H2,1H3,(H,24,25). The van der Waals surface area contributed by atoms with Crippen LogP contribution in [0.4, 0.5) is 0 Å². The molecule has 0 aliphatic rings. The van der Waals surface area contributed by atoms with Crippen molar-refractivity contribution in [3.05, 3.63) is 102 Å². The Labute approximate surface area is 164 Å². The van der Waals surface area contributed by atoms with Crippen LogP contribution in [0.5, 0.6) is 5.75 Å². The second-order valence-electron chi connectivity index (χ2n) is 6.14. The number of methoxy groups -OCH3 is 1. The molecular formula is C23H23NO2S. The van der Waals surface area contributed by atoms with E-state index in [1.807, 2.05) is 60.7 Å². The van der Waals surface area contributed by atoms with E-state index in [1.54, 1.807) is 18.9 Å². The molecule has 1 N–H and O–H groups in total. The molecule has 138 valence electrons. The Morgan fingerprint density at radius 2 is 1.44 bits per heavy atom. The molecule has 0 aliphatic carbocycles. The van der Waals surface area contributed by atoms with Gasteiger partial charge in [0.25, 0.3) is 0 Å². The lowest BCUT2D eigenvalue weighted by molar-refractivity contribution is -0.118. The van der Waals surface area contributed by atoms with Gasteiger partial charge in [-0.05, 0) is 28.8 Å². The molecule has 0 fully saturated rings. The highest BCUT2D eigenvalue weighted by Crippen LogP contribution is 2.35. The van der Waals surface area contributed by atoms with E-state index in [-0.39, 0.29) is 11.2 Å². The van der Waals surface area contributed by atoms with Gasteiger partial charge in [0.05, 0.1) is 18.1 Å². The molecule has 27 heavy (non-hydrogen) atoms. The maximum absolute atomic E-state index is 12.3. The van der Waals surface area contributed by atoms with E-state index in [4.69, 9.17) is 4.74 Å². The first-order chi connectivity index (χ1) is 13.3. The van der Waals surface area contributed by atoms with Crippen molar-refractivity contribution in [3.63, 3.8) is 0 Å². The molecule has 0 heterocycles. The van der Waals surface area contributed by atoms with E-state index in [1.165, 1.54) is 11.1 Å². The lowest BCUT2D eigenvalue weighted by Gasteiger charge is -2.17. The van der Waals surface area contributed by atoms with Crippen molar-refractivity contribution in [1.82, 2.24) is 5.32 Å². The smallest absolute Gasteiger partial charge is 0.230 e. The van der Waals surface area contributed by atoms with Gasteiger partial charge in [-0.1, -0.05) is 72.8 Å². The van der Waals surface area contributed by atoms with Crippen LogP contribution in [0.2, 0.25) is 0 Å². The summed E-state index contributed by atoms with van der Waals surface area (Å²) in [6, 6.07) is 28.3. The molecule has 0 spiro atoms. The van der Waals surface area contributed by atoms with Crippen LogP contribution in [0.15, 0.2) is 84.9 Å². The van der Waals surface area contributed by atoms with E-state index < -0.39 is 0 Å². The maximum atomic E-state index is 12.3. The molecular weight excluding hydrogens is 354 g/mol. The number of carbonyl (C=O) groups excluding carboxylic acids is 1. The van der Waals surface area contributed by atoms with Gasteiger partial charge in [-0.15, -0.1) is 11.8 Å². The number of nitrogens with one attached hydrogen (secondary N) is 1. The maximum Gasteiger partial charge on any atom is 0.230 e. The molecule has 0 aromatic heterocycles. The number of hydrogen-bond acceptors (Lipinski definition) is 3. The van der Waals surface area contributed by atoms with Gasteiger partial charge < -0.3 is 10.1 Å². The highest BCUT2D eigenvalue weighted by atomic mass is 32.2. The zero-order valence-electron chi connectivity index (χ0n) is 15.3. The summed E-state index contributed by atoms with van der Waals surface area (Å²) in [5, 5.41) is 3.13. The summed E-state index contributed by atoms with van der Waals surface area (Å²) in [6.45, 7) is 0.519. The summed E-state index contributed by atoms with van der Waals surface area (Å²) in [6.07, 6.45) is 0. The lowest BCUT2D eigenvalue weighted by atomic mass is 10.0. The molecule has 3 aromatic rings. The Hall–Kier alpha value is -2.72. The molecule has 0 aliphatic heterocycles. The van der Waals surface area contributed by atoms with Crippen LogP contribution in [0, 0.1) is 0 Å². The van der Waals surface area contributed by atoms with Crippen LogP contribution in [0.1, 0.15) is 21.9 Å². The number of benzene rings is 3. The van der Waals surface area contributed by atoms with Crippen LogP contribution in [-0.2, 0) is 11.3 Å². The minimum atomic E-state index is 0.0349. The van der Waals surface area contributed by atoms with E-state index in [0.29, 0.717) is 12.3 Å².